The highest BCUT2D eigenvalue weighted by Crippen LogP contribution is 2.28. The molecule has 3 nitrogen and oxygen atoms in total. The zero-order valence-electron chi connectivity index (χ0n) is 10.5. The van der Waals surface area contributed by atoms with Gasteiger partial charge in [-0.3, -0.25) is 4.79 Å². The lowest BCUT2D eigenvalue weighted by Crippen LogP contribution is -2.35. The van der Waals surface area contributed by atoms with Crippen LogP contribution in [-0.2, 0) is 4.79 Å². The van der Waals surface area contributed by atoms with Crippen LogP contribution in [0.25, 0.3) is 0 Å². The number of hydrogen-bond acceptors (Lipinski definition) is 2. The van der Waals surface area contributed by atoms with Crippen LogP contribution in [0.4, 0.5) is 5.69 Å². The predicted molar refractivity (Wildman–Crippen MR) is 77.7 cm³/mol. The first kappa shape index (κ1) is 15.3. The fraction of sp³-hybridized carbons (Fsp3) is 0.462. The molecule has 0 spiro atoms. The zero-order valence-corrected chi connectivity index (χ0v) is 12.1. The Balaban J connectivity index is 0.00000162. The average Bonchev–Trinajstić information content (AvgIpc) is 2.73. The molecule has 1 fully saturated rings. The highest BCUT2D eigenvalue weighted by Gasteiger charge is 2.36. The van der Waals surface area contributed by atoms with Gasteiger partial charge in [0.2, 0.25) is 5.91 Å². The SMILES string of the molecule is Cc1c(Cl)cccc1NC(=O)C1(C)CCNC1.Cl. The average molecular weight is 289 g/mol. The van der Waals surface area contributed by atoms with Crippen molar-refractivity contribution in [2.45, 2.75) is 20.3 Å². The van der Waals surface area contributed by atoms with Crippen molar-refractivity contribution < 1.29 is 4.79 Å². The number of anilines is 1. The van der Waals surface area contributed by atoms with Crippen LogP contribution in [0, 0.1) is 12.3 Å². The van der Waals surface area contributed by atoms with Crippen molar-refractivity contribution in [2.24, 2.45) is 5.41 Å². The number of carbonyl (C=O) groups is 1. The standard InChI is InChI=1S/C13H17ClN2O.ClH/c1-9-10(14)4-3-5-11(9)16-12(17)13(2)6-7-15-8-13;/h3-5,15H,6-8H2,1-2H3,(H,16,17);1H. The normalized spacial score (nSPS) is 22.4. The van der Waals surface area contributed by atoms with Crippen molar-refractivity contribution in [2.75, 3.05) is 18.4 Å². The highest BCUT2D eigenvalue weighted by molar-refractivity contribution is 6.31. The Hall–Kier alpha value is -0.770. The third-order valence-electron chi connectivity index (χ3n) is 3.43. The minimum atomic E-state index is -0.311. The molecule has 1 unspecified atom stereocenters. The number of nitrogens with one attached hydrogen (secondary N) is 2. The molecule has 1 aliphatic heterocycles. The summed E-state index contributed by atoms with van der Waals surface area (Å²) in [7, 11) is 0. The van der Waals surface area contributed by atoms with E-state index in [1.807, 2.05) is 32.0 Å². The summed E-state index contributed by atoms with van der Waals surface area (Å²) >= 11 is 6.03. The van der Waals surface area contributed by atoms with Gasteiger partial charge in [0.25, 0.3) is 0 Å². The summed E-state index contributed by atoms with van der Waals surface area (Å²) in [5, 5.41) is 6.87. The van der Waals surface area contributed by atoms with E-state index >= 15 is 0 Å². The number of halogens is 2. The van der Waals surface area contributed by atoms with Gasteiger partial charge < -0.3 is 10.6 Å². The van der Waals surface area contributed by atoms with Crippen molar-refractivity contribution in [1.82, 2.24) is 5.32 Å². The molecule has 0 bridgehead atoms. The summed E-state index contributed by atoms with van der Waals surface area (Å²) in [6.07, 6.45) is 0.873. The molecule has 1 aromatic rings. The Morgan fingerprint density at radius 1 is 1.50 bits per heavy atom. The maximum atomic E-state index is 12.2. The van der Waals surface area contributed by atoms with Crippen molar-refractivity contribution in [3.63, 3.8) is 0 Å². The first-order chi connectivity index (χ1) is 8.03. The van der Waals surface area contributed by atoms with Gasteiger partial charge in [-0.05, 0) is 44.5 Å². The maximum Gasteiger partial charge on any atom is 0.231 e. The summed E-state index contributed by atoms with van der Waals surface area (Å²) < 4.78 is 0. The Morgan fingerprint density at radius 2 is 2.22 bits per heavy atom. The van der Waals surface area contributed by atoms with Crippen LogP contribution in [0.1, 0.15) is 18.9 Å². The molecule has 2 N–H and O–H groups in total. The molecule has 5 heteroatoms. The van der Waals surface area contributed by atoms with Crippen LogP contribution in [0.15, 0.2) is 18.2 Å². The molecule has 0 aromatic heterocycles. The van der Waals surface area contributed by atoms with Crippen molar-refractivity contribution in [1.29, 1.82) is 0 Å². The third kappa shape index (κ3) is 2.97. The van der Waals surface area contributed by atoms with Gasteiger partial charge >= 0.3 is 0 Å². The van der Waals surface area contributed by atoms with Crippen LogP contribution >= 0.6 is 24.0 Å². The van der Waals surface area contributed by atoms with Gasteiger partial charge in [-0.2, -0.15) is 0 Å². The van der Waals surface area contributed by atoms with E-state index in [1.165, 1.54) is 0 Å². The van der Waals surface area contributed by atoms with E-state index in [1.54, 1.807) is 0 Å². The first-order valence-corrected chi connectivity index (χ1v) is 6.18. The lowest BCUT2D eigenvalue weighted by molar-refractivity contribution is -0.123. The monoisotopic (exact) mass is 288 g/mol. The van der Waals surface area contributed by atoms with Crippen LogP contribution in [0.5, 0.6) is 0 Å². The summed E-state index contributed by atoms with van der Waals surface area (Å²) in [5.74, 6) is 0.0628. The Morgan fingerprint density at radius 3 is 2.83 bits per heavy atom. The van der Waals surface area contributed by atoms with Gasteiger partial charge in [-0.25, -0.2) is 0 Å². The molecule has 1 aromatic carbocycles. The Kier molecular flexibility index (Phi) is 5.02. The summed E-state index contributed by atoms with van der Waals surface area (Å²) in [6.45, 7) is 5.53. The van der Waals surface area contributed by atoms with Crippen LogP contribution in [-0.4, -0.2) is 19.0 Å². The van der Waals surface area contributed by atoms with E-state index in [-0.39, 0.29) is 23.7 Å². The molecule has 0 aliphatic carbocycles. The van der Waals surface area contributed by atoms with Crippen molar-refractivity contribution in [3.05, 3.63) is 28.8 Å². The fourth-order valence-corrected chi connectivity index (χ4v) is 2.20. The maximum absolute atomic E-state index is 12.2. The summed E-state index contributed by atoms with van der Waals surface area (Å²) in [5.41, 5.74) is 1.40. The second-order valence-electron chi connectivity index (χ2n) is 4.85. The van der Waals surface area contributed by atoms with E-state index < -0.39 is 0 Å². The van der Waals surface area contributed by atoms with Crippen LogP contribution < -0.4 is 10.6 Å². The molecule has 0 saturated carbocycles. The Bertz CT molecular complexity index is 443. The number of rotatable bonds is 2. The van der Waals surface area contributed by atoms with Gasteiger partial charge in [0, 0.05) is 17.3 Å². The van der Waals surface area contributed by atoms with Crippen molar-refractivity contribution in [3.8, 4) is 0 Å². The number of amides is 1. The fourth-order valence-electron chi connectivity index (χ4n) is 2.03. The largest absolute Gasteiger partial charge is 0.325 e. The molecule has 1 aliphatic rings. The molecule has 1 atom stereocenters. The third-order valence-corrected chi connectivity index (χ3v) is 3.84. The number of hydrogen-bond donors (Lipinski definition) is 2. The van der Waals surface area contributed by atoms with Gasteiger partial charge in [-0.1, -0.05) is 17.7 Å². The van der Waals surface area contributed by atoms with Gasteiger partial charge in [0.15, 0.2) is 0 Å². The molecule has 18 heavy (non-hydrogen) atoms. The molecule has 100 valence electrons. The molecule has 1 saturated heterocycles. The lowest BCUT2D eigenvalue weighted by atomic mass is 9.88. The highest BCUT2D eigenvalue weighted by atomic mass is 35.5. The van der Waals surface area contributed by atoms with E-state index in [2.05, 4.69) is 10.6 Å². The van der Waals surface area contributed by atoms with E-state index in [0.717, 1.165) is 30.8 Å². The van der Waals surface area contributed by atoms with Gasteiger partial charge in [0.1, 0.15) is 0 Å². The summed E-state index contributed by atoms with van der Waals surface area (Å²) in [4.78, 5) is 12.2. The lowest BCUT2D eigenvalue weighted by Gasteiger charge is -2.22. The molecule has 1 heterocycles. The van der Waals surface area contributed by atoms with E-state index in [0.29, 0.717) is 5.02 Å². The van der Waals surface area contributed by atoms with Crippen LogP contribution in [0.2, 0.25) is 5.02 Å². The smallest absolute Gasteiger partial charge is 0.231 e. The van der Waals surface area contributed by atoms with E-state index in [4.69, 9.17) is 11.6 Å². The number of carbonyl (C=O) groups excluding carboxylic acids is 1. The molecular formula is C13H18Cl2N2O. The van der Waals surface area contributed by atoms with E-state index in [9.17, 15) is 4.79 Å². The topological polar surface area (TPSA) is 41.1 Å². The Labute approximate surface area is 119 Å². The predicted octanol–water partition coefficient (Wildman–Crippen LogP) is 3.01. The van der Waals surface area contributed by atoms with Gasteiger partial charge in [0.05, 0.1) is 5.41 Å². The zero-order chi connectivity index (χ0) is 12.5. The van der Waals surface area contributed by atoms with Crippen molar-refractivity contribution >= 4 is 35.6 Å². The second-order valence-corrected chi connectivity index (χ2v) is 5.26. The molecule has 0 radical (unpaired) electrons. The summed E-state index contributed by atoms with van der Waals surface area (Å²) in [6, 6.07) is 5.55. The minimum Gasteiger partial charge on any atom is -0.325 e. The number of benzene rings is 1. The first-order valence-electron chi connectivity index (χ1n) is 5.80. The van der Waals surface area contributed by atoms with Crippen LogP contribution in [0.3, 0.4) is 0 Å². The van der Waals surface area contributed by atoms with Gasteiger partial charge in [-0.15, -0.1) is 12.4 Å². The quantitative estimate of drug-likeness (QED) is 0.878. The second kappa shape index (κ2) is 5.91. The molecule has 2 rings (SSSR count). The molecule has 1 amide bonds. The molecular weight excluding hydrogens is 271 g/mol. The minimum absolute atomic E-state index is 0.